The highest BCUT2D eigenvalue weighted by Gasteiger charge is 2.20. The van der Waals surface area contributed by atoms with Crippen LogP contribution in [0.15, 0.2) is 35.7 Å². The SMILES string of the molecule is CN1CCN(C(=O)Cn2c(-c3ccccc3)csc2=N)CC1. The molecule has 0 atom stereocenters. The molecule has 0 saturated carbocycles. The second kappa shape index (κ2) is 6.46. The predicted octanol–water partition coefficient (Wildman–Crippen LogP) is 1.47. The summed E-state index contributed by atoms with van der Waals surface area (Å²) in [6, 6.07) is 9.94. The van der Waals surface area contributed by atoms with Crippen molar-refractivity contribution in [3.05, 3.63) is 40.5 Å². The lowest BCUT2D eigenvalue weighted by atomic mass is 10.2. The number of hydrogen-bond acceptors (Lipinski definition) is 4. The van der Waals surface area contributed by atoms with E-state index in [9.17, 15) is 4.79 Å². The van der Waals surface area contributed by atoms with E-state index in [0.29, 0.717) is 4.80 Å². The van der Waals surface area contributed by atoms with E-state index in [1.807, 2.05) is 40.6 Å². The number of carbonyl (C=O) groups is 1. The van der Waals surface area contributed by atoms with Crippen molar-refractivity contribution in [1.29, 1.82) is 5.41 Å². The Morgan fingerprint density at radius 3 is 2.55 bits per heavy atom. The van der Waals surface area contributed by atoms with Crippen LogP contribution < -0.4 is 4.80 Å². The van der Waals surface area contributed by atoms with Gasteiger partial charge >= 0.3 is 0 Å². The number of nitrogens with zero attached hydrogens (tertiary/aromatic N) is 3. The molecule has 1 aromatic heterocycles. The number of thiazole rings is 1. The van der Waals surface area contributed by atoms with E-state index < -0.39 is 0 Å². The maximum absolute atomic E-state index is 12.5. The van der Waals surface area contributed by atoms with E-state index in [1.54, 1.807) is 4.57 Å². The minimum atomic E-state index is 0.0992. The van der Waals surface area contributed by atoms with Gasteiger partial charge in [0.25, 0.3) is 0 Å². The van der Waals surface area contributed by atoms with Gasteiger partial charge in [-0.25, -0.2) is 0 Å². The average molecular weight is 316 g/mol. The van der Waals surface area contributed by atoms with Crippen LogP contribution in [-0.4, -0.2) is 53.5 Å². The summed E-state index contributed by atoms with van der Waals surface area (Å²) >= 11 is 1.37. The first-order valence-corrected chi connectivity index (χ1v) is 8.28. The van der Waals surface area contributed by atoms with E-state index in [4.69, 9.17) is 5.41 Å². The molecule has 1 aliphatic rings. The zero-order valence-electron chi connectivity index (χ0n) is 12.7. The first-order valence-electron chi connectivity index (χ1n) is 7.40. The molecule has 0 aliphatic carbocycles. The fourth-order valence-electron chi connectivity index (χ4n) is 2.63. The molecule has 0 unspecified atom stereocenters. The minimum Gasteiger partial charge on any atom is -0.339 e. The molecular weight excluding hydrogens is 296 g/mol. The number of benzene rings is 1. The number of rotatable bonds is 3. The molecule has 0 bridgehead atoms. The zero-order valence-corrected chi connectivity index (χ0v) is 13.5. The number of aromatic nitrogens is 1. The Labute approximate surface area is 133 Å². The van der Waals surface area contributed by atoms with Crippen LogP contribution in [0.2, 0.25) is 0 Å². The molecule has 2 aromatic rings. The van der Waals surface area contributed by atoms with E-state index in [-0.39, 0.29) is 12.5 Å². The molecule has 0 spiro atoms. The standard InChI is InChI=1S/C16H20N4OS/c1-18-7-9-19(10-8-18)15(21)11-20-14(12-22-16(20)17)13-5-3-2-4-6-13/h2-6,12,17H,7-11H2,1H3. The van der Waals surface area contributed by atoms with Gasteiger partial charge in [0.2, 0.25) is 5.91 Å². The van der Waals surface area contributed by atoms with E-state index in [0.717, 1.165) is 37.4 Å². The molecule has 2 heterocycles. The summed E-state index contributed by atoms with van der Waals surface area (Å²) in [5.74, 6) is 0.0992. The Bertz CT molecular complexity index is 698. The van der Waals surface area contributed by atoms with Crippen LogP contribution in [-0.2, 0) is 11.3 Å². The Morgan fingerprint density at radius 2 is 1.86 bits per heavy atom. The van der Waals surface area contributed by atoms with Crippen LogP contribution in [0, 0.1) is 5.41 Å². The first-order chi connectivity index (χ1) is 10.6. The third kappa shape index (κ3) is 3.13. The zero-order chi connectivity index (χ0) is 15.5. The summed E-state index contributed by atoms with van der Waals surface area (Å²) in [7, 11) is 2.07. The smallest absolute Gasteiger partial charge is 0.242 e. The third-order valence-corrected chi connectivity index (χ3v) is 4.82. The number of nitrogens with one attached hydrogen (secondary N) is 1. The Balaban J connectivity index is 1.79. The molecule has 1 N–H and O–H groups in total. The van der Waals surface area contributed by atoms with Crippen molar-refractivity contribution in [2.45, 2.75) is 6.54 Å². The van der Waals surface area contributed by atoms with Crippen LogP contribution in [0.1, 0.15) is 0 Å². The molecule has 0 radical (unpaired) electrons. The highest BCUT2D eigenvalue weighted by Crippen LogP contribution is 2.19. The fraction of sp³-hybridized carbons (Fsp3) is 0.375. The van der Waals surface area contributed by atoms with Crippen molar-refractivity contribution >= 4 is 17.2 Å². The molecule has 3 rings (SSSR count). The molecule has 1 aliphatic heterocycles. The predicted molar refractivity (Wildman–Crippen MR) is 87.7 cm³/mol. The van der Waals surface area contributed by atoms with E-state index >= 15 is 0 Å². The van der Waals surface area contributed by atoms with Crippen molar-refractivity contribution in [2.24, 2.45) is 0 Å². The van der Waals surface area contributed by atoms with Gasteiger partial charge in [-0.15, -0.1) is 11.3 Å². The fourth-order valence-corrected chi connectivity index (χ4v) is 3.41. The van der Waals surface area contributed by atoms with Gasteiger partial charge in [0.05, 0.1) is 5.69 Å². The molecule has 5 nitrogen and oxygen atoms in total. The monoisotopic (exact) mass is 316 g/mol. The van der Waals surface area contributed by atoms with E-state index in [2.05, 4.69) is 11.9 Å². The van der Waals surface area contributed by atoms with Gasteiger partial charge in [-0.05, 0) is 12.6 Å². The highest BCUT2D eigenvalue weighted by molar-refractivity contribution is 7.07. The maximum atomic E-state index is 12.5. The second-order valence-corrected chi connectivity index (χ2v) is 6.42. The number of likely N-dealkylation sites (N-methyl/N-ethyl adjacent to an activating group) is 1. The summed E-state index contributed by atoms with van der Waals surface area (Å²) in [5.41, 5.74) is 1.99. The first kappa shape index (κ1) is 15.0. The van der Waals surface area contributed by atoms with Crippen LogP contribution in [0.5, 0.6) is 0 Å². The van der Waals surface area contributed by atoms with Gasteiger partial charge in [0.15, 0.2) is 4.80 Å². The molecule has 1 saturated heterocycles. The van der Waals surface area contributed by atoms with Gasteiger partial charge in [-0.1, -0.05) is 30.3 Å². The normalized spacial score (nSPS) is 16.0. The lowest BCUT2D eigenvalue weighted by Crippen LogP contribution is -2.48. The van der Waals surface area contributed by atoms with Gasteiger partial charge in [-0.3, -0.25) is 10.2 Å². The average Bonchev–Trinajstić information content (AvgIpc) is 2.90. The molecule has 1 fully saturated rings. The van der Waals surface area contributed by atoms with Crippen molar-refractivity contribution in [3.63, 3.8) is 0 Å². The highest BCUT2D eigenvalue weighted by atomic mass is 32.1. The molecule has 1 aromatic carbocycles. The van der Waals surface area contributed by atoms with Crippen LogP contribution in [0.3, 0.4) is 0 Å². The summed E-state index contributed by atoms with van der Waals surface area (Å²) in [4.78, 5) is 17.1. The van der Waals surface area contributed by atoms with Crippen molar-refractivity contribution < 1.29 is 4.79 Å². The van der Waals surface area contributed by atoms with Crippen molar-refractivity contribution in [2.75, 3.05) is 33.2 Å². The van der Waals surface area contributed by atoms with Gasteiger partial charge in [-0.2, -0.15) is 0 Å². The Morgan fingerprint density at radius 1 is 1.18 bits per heavy atom. The lowest BCUT2D eigenvalue weighted by molar-refractivity contribution is -0.133. The lowest BCUT2D eigenvalue weighted by Gasteiger charge is -2.32. The largest absolute Gasteiger partial charge is 0.339 e. The minimum absolute atomic E-state index is 0.0992. The summed E-state index contributed by atoms with van der Waals surface area (Å²) in [5, 5.41) is 10.0. The van der Waals surface area contributed by atoms with Crippen LogP contribution in [0.25, 0.3) is 11.3 Å². The van der Waals surface area contributed by atoms with E-state index in [1.165, 1.54) is 11.3 Å². The van der Waals surface area contributed by atoms with Crippen molar-refractivity contribution in [3.8, 4) is 11.3 Å². The number of carbonyl (C=O) groups excluding carboxylic acids is 1. The number of piperazine rings is 1. The number of amides is 1. The van der Waals surface area contributed by atoms with Crippen molar-refractivity contribution in [1.82, 2.24) is 14.4 Å². The van der Waals surface area contributed by atoms with Gasteiger partial charge in [0.1, 0.15) is 6.54 Å². The molecule has 1 amide bonds. The summed E-state index contributed by atoms with van der Waals surface area (Å²) in [6.45, 7) is 3.62. The summed E-state index contributed by atoms with van der Waals surface area (Å²) < 4.78 is 1.81. The van der Waals surface area contributed by atoms with Crippen LogP contribution in [0.4, 0.5) is 0 Å². The Kier molecular flexibility index (Phi) is 4.40. The van der Waals surface area contributed by atoms with Crippen LogP contribution >= 0.6 is 11.3 Å². The summed E-state index contributed by atoms with van der Waals surface area (Å²) in [6.07, 6.45) is 0. The molecule has 22 heavy (non-hydrogen) atoms. The maximum Gasteiger partial charge on any atom is 0.242 e. The third-order valence-electron chi connectivity index (χ3n) is 4.04. The van der Waals surface area contributed by atoms with Gasteiger partial charge < -0.3 is 14.4 Å². The van der Waals surface area contributed by atoms with Gasteiger partial charge in [0, 0.05) is 31.6 Å². The second-order valence-electron chi connectivity index (χ2n) is 5.56. The topological polar surface area (TPSA) is 52.3 Å². The number of hydrogen-bond donors (Lipinski definition) is 1. The molecule has 116 valence electrons. The molecule has 6 heteroatoms. The molecular formula is C16H20N4OS. The quantitative estimate of drug-likeness (QED) is 0.932. The Hall–Kier alpha value is -1.92.